The van der Waals surface area contributed by atoms with Crippen LogP contribution in [0.3, 0.4) is 0 Å². The molecule has 6 nitrogen and oxygen atoms in total. The molecule has 0 amide bonds. The largest absolute Gasteiger partial charge is 0.497 e. The number of benzene rings is 3. The molecule has 1 atom stereocenters. The average molecular weight is 632 g/mol. The second kappa shape index (κ2) is 12.7. The van der Waals surface area contributed by atoms with E-state index >= 15 is 0 Å². The maximum absolute atomic E-state index is 12.2. The minimum Gasteiger partial charge on any atom is -0.497 e. The van der Waals surface area contributed by atoms with Crippen molar-refractivity contribution in [3.05, 3.63) is 107 Å². The van der Waals surface area contributed by atoms with Crippen LogP contribution in [0.1, 0.15) is 43.0 Å². The van der Waals surface area contributed by atoms with E-state index in [-0.39, 0.29) is 0 Å². The maximum Gasteiger partial charge on any atom is 0.175 e. The quantitative estimate of drug-likeness (QED) is 0.172. The molecule has 0 aliphatic carbocycles. The Labute approximate surface area is 262 Å². The van der Waals surface area contributed by atoms with Gasteiger partial charge in [-0.1, -0.05) is 60.8 Å². The molecule has 5 aromatic rings. The molecule has 1 unspecified atom stereocenters. The topological polar surface area (TPSA) is 64.4 Å². The summed E-state index contributed by atoms with van der Waals surface area (Å²) >= 11 is 8.31. The van der Waals surface area contributed by atoms with Crippen molar-refractivity contribution in [2.45, 2.75) is 43.2 Å². The van der Waals surface area contributed by atoms with Gasteiger partial charge in [-0.05, 0) is 85.1 Å². The molecule has 1 fully saturated rings. The number of likely N-dealkylation sites (tertiary alicyclic amines) is 1. The third-order valence-corrected chi connectivity index (χ3v) is 10.6. The Morgan fingerprint density at radius 2 is 1.72 bits per heavy atom. The Morgan fingerprint density at radius 3 is 2.49 bits per heavy atom. The molecule has 1 aliphatic heterocycles. The van der Waals surface area contributed by atoms with E-state index in [0.29, 0.717) is 16.0 Å². The van der Waals surface area contributed by atoms with Crippen LogP contribution in [0.4, 0.5) is 0 Å². The highest BCUT2D eigenvalue weighted by molar-refractivity contribution is 7.90. The number of hydrogen-bond donors (Lipinski definition) is 0. The Kier molecular flexibility index (Phi) is 8.73. The van der Waals surface area contributed by atoms with Crippen molar-refractivity contribution >= 4 is 32.8 Å². The molecule has 0 spiro atoms. The molecule has 2 aromatic heterocycles. The molecule has 0 N–H and O–H groups in total. The summed E-state index contributed by atoms with van der Waals surface area (Å²) in [5.41, 5.74) is 4.92. The van der Waals surface area contributed by atoms with Crippen LogP contribution in [-0.4, -0.2) is 43.0 Å². The summed E-state index contributed by atoms with van der Waals surface area (Å²) in [5, 5.41) is 5.75. The van der Waals surface area contributed by atoms with Crippen LogP contribution in [0.15, 0.2) is 95.9 Å². The third kappa shape index (κ3) is 6.58. The van der Waals surface area contributed by atoms with Crippen LogP contribution in [-0.2, 0) is 16.4 Å². The van der Waals surface area contributed by atoms with Gasteiger partial charge in [0.15, 0.2) is 9.84 Å². The maximum atomic E-state index is 12.2. The Morgan fingerprint density at radius 1 is 0.930 bits per heavy atom. The Bertz CT molecular complexity index is 1830. The number of rotatable bonds is 8. The summed E-state index contributed by atoms with van der Waals surface area (Å²) in [5.74, 6) is 0.866. The first kappa shape index (κ1) is 29.6. The van der Waals surface area contributed by atoms with E-state index in [0.717, 1.165) is 64.1 Å². The van der Waals surface area contributed by atoms with Crippen molar-refractivity contribution in [2.24, 2.45) is 0 Å². The number of aromatic nitrogens is 2. The molecule has 1 aliphatic rings. The van der Waals surface area contributed by atoms with Gasteiger partial charge < -0.3 is 4.74 Å². The standard InChI is InChI=1S/C34H34ClN3O3S2/c1-41-27-16-14-24(15-17-27)30-12-4-3-7-20-37(30)23-26-22-32(38(36-26)31-13-6-5-11-29(31)35)34-19-18-33(42-34)25-9-8-10-28(21-25)43(2,39)40/h5-6,8-11,13-19,21-22,30H,3-4,7,12,20,23H2,1-2H3. The van der Waals surface area contributed by atoms with Crippen LogP contribution in [0.2, 0.25) is 5.02 Å². The van der Waals surface area contributed by atoms with Crippen molar-refractivity contribution in [3.8, 4) is 32.4 Å². The molecule has 3 heterocycles. The molecule has 1 saturated heterocycles. The van der Waals surface area contributed by atoms with Gasteiger partial charge in [0.1, 0.15) is 5.75 Å². The second-order valence-electron chi connectivity index (χ2n) is 11.0. The van der Waals surface area contributed by atoms with Crippen molar-refractivity contribution in [1.82, 2.24) is 14.7 Å². The molecule has 43 heavy (non-hydrogen) atoms. The van der Waals surface area contributed by atoms with Gasteiger partial charge in [-0.15, -0.1) is 11.3 Å². The highest BCUT2D eigenvalue weighted by atomic mass is 35.5. The van der Waals surface area contributed by atoms with Gasteiger partial charge in [0, 0.05) is 23.7 Å². The number of sulfone groups is 1. The number of para-hydroxylation sites is 1. The third-order valence-electron chi connectivity index (χ3n) is 7.98. The summed E-state index contributed by atoms with van der Waals surface area (Å²) in [6, 6.07) is 29.9. The fourth-order valence-corrected chi connectivity index (χ4v) is 7.66. The molecule has 0 bridgehead atoms. The van der Waals surface area contributed by atoms with Gasteiger partial charge >= 0.3 is 0 Å². The first-order valence-electron chi connectivity index (χ1n) is 14.4. The fraction of sp³-hybridized carbons (Fsp3) is 0.265. The molecular formula is C34H34ClN3O3S2. The highest BCUT2D eigenvalue weighted by Gasteiger charge is 2.25. The van der Waals surface area contributed by atoms with Gasteiger partial charge in [0.25, 0.3) is 0 Å². The lowest BCUT2D eigenvalue weighted by Gasteiger charge is -2.29. The van der Waals surface area contributed by atoms with Crippen LogP contribution in [0.5, 0.6) is 5.75 Å². The minimum atomic E-state index is -3.30. The van der Waals surface area contributed by atoms with Crippen molar-refractivity contribution in [3.63, 3.8) is 0 Å². The van der Waals surface area contributed by atoms with E-state index in [2.05, 4.69) is 29.2 Å². The normalized spacial score (nSPS) is 16.2. The number of thiophene rings is 1. The van der Waals surface area contributed by atoms with Crippen molar-refractivity contribution in [1.29, 1.82) is 0 Å². The monoisotopic (exact) mass is 631 g/mol. The summed E-state index contributed by atoms with van der Waals surface area (Å²) in [7, 11) is -1.61. The van der Waals surface area contributed by atoms with Gasteiger partial charge in [0.2, 0.25) is 0 Å². The number of hydrogen-bond acceptors (Lipinski definition) is 6. The number of nitrogens with zero attached hydrogens (tertiary/aromatic N) is 3. The molecule has 6 rings (SSSR count). The second-order valence-corrected chi connectivity index (χ2v) is 14.5. The summed E-state index contributed by atoms with van der Waals surface area (Å²) in [6.45, 7) is 1.72. The zero-order chi connectivity index (χ0) is 30.0. The van der Waals surface area contributed by atoms with E-state index in [9.17, 15) is 8.42 Å². The lowest BCUT2D eigenvalue weighted by Crippen LogP contribution is -2.28. The lowest BCUT2D eigenvalue weighted by molar-refractivity contribution is 0.190. The Balaban J connectivity index is 1.37. The first-order chi connectivity index (χ1) is 20.8. The lowest BCUT2D eigenvalue weighted by atomic mass is 10.0. The SMILES string of the molecule is COc1ccc(C2CCCCCN2Cc2cc(-c3ccc(-c4cccc(S(C)(=O)=O)c4)s3)n(-c3ccccc3Cl)n2)cc1. The van der Waals surface area contributed by atoms with E-state index in [1.807, 2.05) is 53.2 Å². The van der Waals surface area contributed by atoms with Crippen LogP contribution in [0.25, 0.3) is 26.7 Å². The number of ether oxygens (including phenoxy) is 1. The number of methoxy groups -OCH3 is 1. The van der Waals surface area contributed by atoms with Crippen LogP contribution < -0.4 is 4.74 Å². The van der Waals surface area contributed by atoms with E-state index in [4.69, 9.17) is 21.4 Å². The minimum absolute atomic E-state index is 0.304. The molecular weight excluding hydrogens is 598 g/mol. The van der Waals surface area contributed by atoms with Crippen LogP contribution in [0, 0.1) is 0 Å². The van der Waals surface area contributed by atoms with E-state index in [1.54, 1.807) is 36.6 Å². The molecule has 0 saturated carbocycles. The fourth-order valence-electron chi connectivity index (χ4n) is 5.77. The molecule has 222 valence electrons. The van der Waals surface area contributed by atoms with E-state index < -0.39 is 9.84 Å². The molecule has 0 radical (unpaired) electrons. The average Bonchev–Trinajstić information content (AvgIpc) is 3.60. The number of halogens is 1. The predicted molar refractivity (Wildman–Crippen MR) is 175 cm³/mol. The van der Waals surface area contributed by atoms with Crippen molar-refractivity contribution in [2.75, 3.05) is 19.9 Å². The Hall–Kier alpha value is -3.43. The molecule has 3 aromatic carbocycles. The zero-order valence-corrected chi connectivity index (χ0v) is 26.6. The zero-order valence-electron chi connectivity index (χ0n) is 24.2. The summed E-state index contributed by atoms with van der Waals surface area (Å²) < 4.78 is 31.7. The van der Waals surface area contributed by atoms with Gasteiger partial charge in [-0.25, -0.2) is 13.1 Å². The first-order valence-corrected chi connectivity index (χ1v) is 17.5. The summed E-state index contributed by atoms with van der Waals surface area (Å²) in [6.07, 6.45) is 5.92. The summed E-state index contributed by atoms with van der Waals surface area (Å²) in [4.78, 5) is 4.88. The molecule has 9 heteroatoms. The highest BCUT2D eigenvalue weighted by Crippen LogP contribution is 2.38. The van der Waals surface area contributed by atoms with Gasteiger partial charge in [-0.2, -0.15) is 5.10 Å². The van der Waals surface area contributed by atoms with Crippen LogP contribution >= 0.6 is 22.9 Å². The van der Waals surface area contributed by atoms with Crippen molar-refractivity contribution < 1.29 is 13.2 Å². The van der Waals surface area contributed by atoms with Gasteiger partial charge in [-0.3, -0.25) is 4.90 Å². The smallest absolute Gasteiger partial charge is 0.175 e. The predicted octanol–water partition coefficient (Wildman–Crippen LogP) is 8.45. The van der Waals surface area contributed by atoms with E-state index in [1.165, 1.54) is 24.7 Å². The van der Waals surface area contributed by atoms with Gasteiger partial charge in [0.05, 0.1) is 39.0 Å².